The Bertz CT molecular complexity index is 1230. The van der Waals surface area contributed by atoms with Crippen molar-refractivity contribution < 1.29 is 19.0 Å². The molecule has 2 aliphatic rings. The summed E-state index contributed by atoms with van der Waals surface area (Å²) < 4.78 is 20.7. The minimum atomic E-state index is -1.08. The predicted octanol–water partition coefficient (Wildman–Crippen LogP) is 4.67. The Kier molecular flexibility index (Phi) is 13.8. The van der Waals surface area contributed by atoms with E-state index in [9.17, 15) is 4.79 Å². The van der Waals surface area contributed by atoms with Gasteiger partial charge in [-0.05, 0) is 36.4 Å². The number of hydrogen-bond donors (Lipinski definition) is 1. The summed E-state index contributed by atoms with van der Waals surface area (Å²) >= 11 is 12.7. The van der Waals surface area contributed by atoms with Crippen LogP contribution in [0.1, 0.15) is 5.56 Å². The van der Waals surface area contributed by atoms with Gasteiger partial charge in [0.15, 0.2) is 0 Å². The molecule has 2 aromatic carbocycles. The van der Waals surface area contributed by atoms with E-state index in [0.717, 1.165) is 37.6 Å². The number of hydrogen-bond acceptors (Lipinski definition) is 7. The number of likely N-dealkylation sites (N-methyl/N-ethyl adjacent to an activating group) is 1. The third-order valence-electron chi connectivity index (χ3n) is 6.81. The van der Waals surface area contributed by atoms with Crippen molar-refractivity contribution in [3.63, 3.8) is 0 Å². The molecule has 1 aromatic heterocycles. The van der Waals surface area contributed by atoms with Crippen molar-refractivity contribution in [2.24, 2.45) is 0 Å². The monoisotopic (exact) mass is 667 g/mol. The number of nitrogens with one attached hydrogen (secondary N) is 1. The van der Waals surface area contributed by atoms with E-state index < -0.39 is 5.79 Å². The summed E-state index contributed by atoms with van der Waals surface area (Å²) in [4.78, 5) is 20.2. The van der Waals surface area contributed by atoms with Crippen molar-refractivity contribution in [3.05, 3.63) is 76.8 Å². The third kappa shape index (κ3) is 8.78. The van der Waals surface area contributed by atoms with E-state index >= 15 is 0 Å². The fraction of sp³-hybridized carbons (Fsp3) is 0.407. The topological polar surface area (TPSA) is 81.1 Å². The van der Waals surface area contributed by atoms with E-state index in [1.165, 1.54) is 0 Å². The Labute approximate surface area is 268 Å². The van der Waals surface area contributed by atoms with Crippen molar-refractivity contribution in [1.82, 2.24) is 19.8 Å². The molecule has 3 heterocycles. The molecule has 2 aliphatic heterocycles. The van der Waals surface area contributed by atoms with E-state index in [0.29, 0.717) is 41.9 Å². The van der Waals surface area contributed by atoms with Crippen LogP contribution in [0.5, 0.6) is 5.75 Å². The minimum absolute atomic E-state index is 0. The van der Waals surface area contributed by atoms with Gasteiger partial charge in [0.2, 0.25) is 11.7 Å². The quantitative estimate of drug-likeness (QED) is 0.355. The maximum Gasteiger partial charge on any atom is 0.233 e. The Morgan fingerprint density at radius 2 is 1.83 bits per heavy atom. The number of benzene rings is 2. The summed E-state index contributed by atoms with van der Waals surface area (Å²) in [6, 6.07) is 13.4. The standard InChI is InChI=1S/C27H31Cl2N5O4.3ClH/c1-30-26(35)15-32-10-12-34(13-11-32)21-3-5-22(6-4-21)36-16-23-17-37-27(38-23,18-33-9-8-31-19-33)24-7-2-20(28)14-25(24)29;;;/h2-9,14,19,23H,10-13,15-18H2,1H3,(H,30,35);3*1H/t23-,27-;;;/m1.../s1. The number of piperazine rings is 1. The van der Waals surface area contributed by atoms with Gasteiger partial charge >= 0.3 is 0 Å². The van der Waals surface area contributed by atoms with Crippen LogP contribution >= 0.6 is 60.4 Å². The Morgan fingerprint density at radius 3 is 2.46 bits per heavy atom. The smallest absolute Gasteiger partial charge is 0.233 e. The molecule has 0 bridgehead atoms. The molecular formula is C27H34Cl5N5O4. The number of anilines is 1. The van der Waals surface area contributed by atoms with Crippen LogP contribution < -0.4 is 15.0 Å². The second-order valence-electron chi connectivity index (χ2n) is 9.40. The third-order valence-corrected chi connectivity index (χ3v) is 7.35. The molecule has 226 valence electrons. The zero-order valence-electron chi connectivity index (χ0n) is 22.4. The average molecular weight is 670 g/mol. The van der Waals surface area contributed by atoms with Gasteiger partial charge in [-0.3, -0.25) is 9.69 Å². The summed E-state index contributed by atoms with van der Waals surface area (Å²) in [5.41, 5.74) is 1.84. The van der Waals surface area contributed by atoms with E-state index in [-0.39, 0.29) is 49.2 Å². The number of amides is 1. The number of nitrogens with zero attached hydrogens (tertiary/aromatic N) is 4. The first-order valence-corrected chi connectivity index (χ1v) is 13.3. The maximum absolute atomic E-state index is 11.6. The lowest BCUT2D eigenvalue weighted by Crippen LogP contribution is -2.49. The summed E-state index contributed by atoms with van der Waals surface area (Å²) in [6.45, 7) is 4.95. The van der Waals surface area contributed by atoms with Crippen molar-refractivity contribution >= 4 is 72.0 Å². The van der Waals surface area contributed by atoms with Gasteiger partial charge in [0.05, 0.1) is 31.0 Å². The SMILES string of the molecule is CNC(=O)CN1CCN(c2ccc(OC[C@@H]3CO[C@@](Cn4ccnc4)(c4ccc(Cl)cc4Cl)O3)cc2)CC1.Cl.Cl.Cl. The number of carbonyl (C=O) groups excluding carboxylic acids is 1. The molecule has 14 heteroatoms. The molecular weight excluding hydrogens is 636 g/mol. The highest BCUT2D eigenvalue weighted by Crippen LogP contribution is 2.40. The highest BCUT2D eigenvalue weighted by atomic mass is 35.5. The summed E-state index contributed by atoms with van der Waals surface area (Å²) in [7, 11) is 1.67. The van der Waals surface area contributed by atoms with Gasteiger partial charge < -0.3 is 29.0 Å². The maximum atomic E-state index is 11.6. The summed E-state index contributed by atoms with van der Waals surface area (Å²) in [6.07, 6.45) is 4.98. The zero-order chi connectivity index (χ0) is 26.5. The van der Waals surface area contributed by atoms with E-state index in [2.05, 4.69) is 32.2 Å². The second kappa shape index (κ2) is 16.0. The zero-order valence-corrected chi connectivity index (χ0v) is 26.4. The molecule has 9 nitrogen and oxygen atoms in total. The first kappa shape index (κ1) is 35.2. The number of ether oxygens (including phenoxy) is 3. The van der Waals surface area contributed by atoms with Gasteiger partial charge in [-0.15, -0.1) is 37.2 Å². The van der Waals surface area contributed by atoms with Gasteiger partial charge in [-0.1, -0.05) is 29.3 Å². The number of aromatic nitrogens is 2. The number of carbonyl (C=O) groups is 1. The molecule has 0 spiro atoms. The highest BCUT2D eigenvalue weighted by Gasteiger charge is 2.45. The van der Waals surface area contributed by atoms with Crippen LogP contribution in [-0.2, 0) is 26.6 Å². The fourth-order valence-corrected chi connectivity index (χ4v) is 5.32. The molecule has 2 saturated heterocycles. The first-order valence-electron chi connectivity index (χ1n) is 12.6. The van der Waals surface area contributed by atoms with Gasteiger partial charge in [-0.25, -0.2) is 4.98 Å². The lowest BCUT2D eigenvalue weighted by Gasteiger charge is -2.35. The Balaban J connectivity index is 0.00000196. The summed E-state index contributed by atoms with van der Waals surface area (Å²) in [5, 5.41) is 3.70. The molecule has 2 atom stereocenters. The molecule has 0 saturated carbocycles. The van der Waals surface area contributed by atoms with E-state index in [1.54, 1.807) is 31.7 Å². The van der Waals surface area contributed by atoms with Crippen LogP contribution in [-0.4, -0.2) is 79.4 Å². The normalized spacial score (nSPS) is 20.4. The molecule has 1 N–H and O–H groups in total. The second-order valence-corrected chi connectivity index (χ2v) is 10.2. The van der Waals surface area contributed by atoms with Crippen molar-refractivity contribution in [1.29, 1.82) is 0 Å². The largest absolute Gasteiger partial charge is 0.491 e. The van der Waals surface area contributed by atoms with Gasteiger partial charge in [0, 0.05) is 61.9 Å². The lowest BCUT2D eigenvalue weighted by atomic mass is 10.1. The van der Waals surface area contributed by atoms with Crippen LogP contribution in [0.15, 0.2) is 61.2 Å². The van der Waals surface area contributed by atoms with Crippen molar-refractivity contribution in [2.45, 2.75) is 18.4 Å². The average Bonchev–Trinajstić information content (AvgIpc) is 3.59. The number of halogens is 5. The molecule has 0 radical (unpaired) electrons. The van der Waals surface area contributed by atoms with Crippen molar-refractivity contribution in [2.75, 3.05) is 57.9 Å². The molecule has 0 unspecified atom stereocenters. The van der Waals surface area contributed by atoms with Gasteiger partial charge in [-0.2, -0.15) is 0 Å². The molecule has 0 aliphatic carbocycles. The van der Waals surface area contributed by atoms with Crippen LogP contribution in [0.25, 0.3) is 0 Å². The molecule has 2 fully saturated rings. The van der Waals surface area contributed by atoms with Crippen LogP contribution in [0.3, 0.4) is 0 Å². The Hall–Kier alpha value is -1.95. The Morgan fingerprint density at radius 1 is 1.10 bits per heavy atom. The van der Waals surface area contributed by atoms with Gasteiger partial charge in [0.1, 0.15) is 18.5 Å². The van der Waals surface area contributed by atoms with E-state index in [1.807, 2.05) is 29.0 Å². The highest BCUT2D eigenvalue weighted by molar-refractivity contribution is 6.35. The molecule has 3 aromatic rings. The summed E-state index contributed by atoms with van der Waals surface area (Å²) in [5.74, 6) is -0.278. The molecule has 41 heavy (non-hydrogen) atoms. The molecule has 1 amide bonds. The van der Waals surface area contributed by atoms with Crippen LogP contribution in [0.4, 0.5) is 5.69 Å². The number of rotatable bonds is 9. The lowest BCUT2D eigenvalue weighted by molar-refractivity contribution is -0.189. The molecule has 5 rings (SSSR count). The fourth-order valence-electron chi connectivity index (χ4n) is 4.76. The number of imidazole rings is 1. The first-order chi connectivity index (χ1) is 18.4. The van der Waals surface area contributed by atoms with Crippen LogP contribution in [0.2, 0.25) is 10.0 Å². The minimum Gasteiger partial charge on any atom is -0.491 e. The van der Waals surface area contributed by atoms with Crippen LogP contribution in [0, 0.1) is 0 Å². The van der Waals surface area contributed by atoms with E-state index in [4.69, 9.17) is 37.4 Å². The van der Waals surface area contributed by atoms with Gasteiger partial charge in [0.25, 0.3) is 0 Å². The van der Waals surface area contributed by atoms with Crippen molar-refractivity contribution in [3.8, 4) is 5.75 Å². The predicted molar refractivity (Wildman–Crippen MR) is 168 cm³/mol.